The quantitative estimate of drug-likeness (QED) is 0.633. The molecule has 1 aromatic heterocycles. The Hall–Kier alpha value is -0.770. The third-order valence-electron chi connectivity index (χ3n) is 1.19. The Morgan fingerprint density at radius 3 is 2.45 bits per heavy atom. The number of carbonyl (C=O) groups excluding carboxylic acids is 1. The molecule has 0 aromatic carbocycles. The molecule has 0 aliphatic rings. The first kappa shape index (κ1) is 8.33. The van der Waals surface area contributed by atoms with E-state index in [-0.39, 0.29) is 10.7 Å². The molecule has 1 nitrogen and oxygen atoms in total. The van der Waals surface area contributed by atoms with Crippen LogP contribution >= 0.6 is 11.3 Å². The van der Waals surface area contributed by atoms with Crippen LogP contribution in [0.1, 0.15) is 27.9 Å². The molecule has 0 unspecified atom stereocenters. The first-order valence-corrected chi connectivity index (χ1v) is 3.81. The number of hydrogen-bond acceptors (Lipinski definition) is 2. The summed E-state index contributed by atoms with van der Waals surface area (Å²) in [5, 5.41) is 0. The Bertz CT molecular complexity index is 267. The molecule has 0 fully saturated rings. The van der Waals surface area contributed by atoms with Gasteiger partial charge in [-0.25, -0.2) is 8.78 Å². The SMILES string of the molecule is CC(=O)c1ccc(C(F)F)s1. The van der Waals surface area contributed by atoms with Crippen molar-refractivity contribution < 1.29 is 13.6 Å². The highest BCUT2D eigenvalue weighted by Gasteiger charge is 2.11. The third kappa shape index (κ3) is 1.83. The zero-order valence-corrected chi connectivity index (χ0v) is 6.62. The maximum absolute atomic E-state index is 11.9. The molecule has 0 N–H and O–H groups in total. The fourth-order valence-electron chi connectivity index (χ4n) is 0.659. The molecule has 0 spiro atoms. The number of hydrogen-bond donors (Lipinski definition) is 0. The van der Waals surface area contributed by atoms with Crippen molar-refractivity contribution in [1.29, 1.82) is 0 Å². The molecule has 1 rings (SSSR count). The molecule has 0 saturated heterocycles. The molecule has 0 bridgehead atoms. The van der Waals surface area contributed by atoms with Gasteiger partial charge in [0.05, 0.1) is 9.75 Å². The second-order valence-electron chi connectivity index (χ2n) is 2.06. The molecule has 60 valence electrons. The monoisotopic (exact) mass is 176 g/mol. The van der Waals surface area contributed by atoms with E-state index in [1.807, 2.05) is 0 Å². The van der Waals surface area contributed by atoms with Gasteiger partial charge in [0.1, 0.15) is 0 Å². The van der Waals surface area contributed by atoms with Crippen LogP contribution in [0.15, 0.2) is 12.1 Å². The van der Waals surface area contributed by atoms with Crippen LogP contribution in [0.2, 0.25) is 0 Å². The van der Waals surface area contributed by atoms with Crippen LogP contribution in [0.5, 0.6) is 0 Å². The normalized spacial score (nSPS) is 10.5. The molecule has 0 aliphatic carbocycles. The van der Waals surface area contributed by atoms with Crippen LogP contribution in [-0.2, 0) is 0 Å². The van der Waals surface area contributed by atoms with Crippen molar-refractivity contribution in [3.05, 3.63) is 21.9 Å². The highest BCUT2D eigenvalue weighted by molar-refractivity contribution is 7.14. The van der Waals surface area contributed by atoms with Crippen molar-refractivity contribution in [3.63, 3.8) is 0 Å². The second kappa shape index (κ2) is 3.09. The average molecular weight is 176 g/mol. The van der Waals surface area contributed by atoms with E-state index in [1.165, 1.54) is 19.1 Å². The van der Waals surface area contributed by atoms with Gasteiger partial charge < -0.3 is 0 Å². The van der Waals surface area contributed by atoms with Crippen molar-refractivity contribution >= 4 is 17.1 Å². The summed E-state index contributed by atoms with van der Waals surface area (Å²) in [6.45, 7) is 1.36. The predicted octanol–water partition coefficient (Wildman–Crippen LogP) is 2.89. The molecular formula is C7H6F2OS. The highest BCUT2D eigenvalue weighted by atomic mass is 32.1. The maximum atomic E-state index is 11.9. The third-order valence-corrected chi connectivity index (χ3v) is 2.38. The van der Waals surface area contributed by atoms with Crippen LogP contribution in [0, 0.1) is 0 Å². The molecular weight excluding hydrogens is 170 g/mol. The smallest absolute Gasteiger partial charge is 0.272 e. The minimum atomic E-state index is -2.46. The van der Waals surface area contributed by atoms with Crippen LogP contribution in [-0.4, -0.2) is 5.78 Å². The minimum Gasteiger partial charge on any atom is -0.294 e. The van der Waals surface area contributed by atoms with E-state index in [0.717, 1.165) is 11.3 Å². The standard InChI is InChI=1S/C7H6F2OS/c1-4(10)5-2-3-6(11-5)7(8)9/h2-3,7H,1H3. The largest absolute Gasteiger partial charge is 0.294 e. The number of thiophene rings is 1. The van der Waals surface area contributed by atoms with Crippen LogP contribution < -0.4 is 0 Å². The van der Waals surface area contributed by atoms with Gasteiger partial charge in [-0.3, -0.25) is 4.79 Å². The molecule has 0 amide bonds. The molecule has 4 heteroatoms. The van der Waals surface area contributed by atoms with E-state index in [2.05, 4.69) is 0 Å². The number of Topliss-reactive ketones (excluding diaryl/α,β-unsaturated/α-hetero) is 1. The topological polar surface area (TPSA) is 17.1 Å². The van der Waals surface area contributed by atoms with Gasteiger partial charge in [0.25, 0.3) is 6.43 Å². The summed E-state index contributed by atoms with van der Waals surface area (Å²) in [5.41, 5.74) is 0. The zero-order valence-electron chi connectivity index (χ0n) is 5.80. The summed E-state index contributed by atoms with van der Waals surface area (Å²) in [6.07, 6.45) is -2.46. The fraction of sp³-hybridized carbons (Fsp3) is 0.286. The molecule has 1 heterocycles. The first-order valence-electron chi connectivity index (χ1n) is 3.00. The maximum Gasteiger partial charge on any atom is 0.272 e. The van der Waals surface area contributed by atoms with E-state index in [9.17, 15) is 13.6 Å². The van der Waals surface area contributed by atoms with Gasteiger partial charge in [0, 0.05) is 0 Å². The lowest BCUT2D eigenvalue weighted by Gasteiger charge is -1.89. The lowest BCUT2D eigenvalue weighted by molar-refractivity contribution is 0.102. The van der Waals surface area contributed by atoms with Gasteiger partial charge in [0.15, 0.2) is 5.78 Å². The summed E-state index contributed by atoms with van der Waals surface area (Å²) in [7, 11) is 0. The number of ketones is 1. The van der Waals surface area contributed by atoms with Crippen LogP contribution in [0.25, 0.3) is 0 Å². The molecule has 11 heavy (non-hydrogen) atoms. The van der Waals surface area contributed by atoms with E-state index in [4.69, 9.17) is 0 Å². The van der Waals surface area contributed by atoms with E-state index in [0.29, 0.717) is 4.88 Å². The van der Waals surface area contributed by atoms with Gasteiger partial charge in [0.2, 0.25) is 0 Å². The number of rotatable bonds is 2. The van der Waals surface area contributed by atoms with E-state index < -0.39 is 6.43 Å². The zero-order chi connectivity index (χ0) is 8.43. The van der Waals surface area contributed by atoms with Gasteiger partial charge in [-0.1, -0.05) is 0 Å². The summed E-state index contributed by atoms with van der Waals surface area (Å²) < 4.78 is 23.9. The molecule has 1 aromatic rings. The van der Waals surface area contributed by atoms with Crippen molar-refractivity contribution in [2.75, 3.05) is 0 Å². The lowest BCUT2D eigenvalue weighted by Crippen LogP contribution is -1.83. The lowest BCUT2D eigenvalue weighted by atomic mass is 10.3. The fourth-order valence-corrected chi connectivity index (χ4v) is 1.42. The second-order valence-corrected chi connectivity index (χ2v) is 3.17. The Morgan fingerprint density at radius 2 is 2.18 bits per heavy atom. The Labute approximate surface area is 66.7 Å². The Morgan fingerprint density at radius 1 is 1.55 bits per heavy atom. The van der Waals surface area contributed by atoms with Gasteiger partial charge in [-0.15, -0.1) is 11.3 Å². The van der Waals surface area contributed by atoms with Gasteiger partial charge >= 0.3 is 0 Å². The van der Waals surface area contributed by atoms with Crippen molar-refractivity contribution in [2.45, 2.75) is 13.3 Å². The Balaban J connectivity index is 2.90. The Kier molecular flexibility index (Phi) is 2.34. The van der Waals surface area contributed by atoms with Crippen LogP contribution in [0.4, 0.5) is 8.78 Å². The summed E-state index contributed by atoms with van der Waals surface area (Å²) in [4.78, 5) is 11.0. The summed E-state index contributed by atoms with van der Waals surface area (Å²) >= 11 is 0.850. The van der Waals surface area contributed by atoms with Crippen LogP contribution in [0.3, 0.4) is 0 Å². The van der Waals surface area contributed by atoms with Gasteiger partial charge in [-0.05, 0) is 19.1 Å². The summed E-state index contributed by atoms with van der Waals surface area (Å²) in [6, 6.07) is 2.71. The number of halogens is 2. The first-order chi connectivity index (χ1) is 5.11. The van der Waals surface area contributed by atoms with Crippen molar-refractivity contribution in [1.82, 2.24) is 0 Å². The molecule has 0 radical (unpaired) electrons. The highest BCUT2D eigenvalue weighted by Crippen LogP contribution is 2.26. The average Bonchev–Trinajstić information content (AvgIpc) is 2.33. The van der Waals surface area contributed by atoms with Gasteiger partial charge in [-0.2, -0.15) is 0 Å². The number of carbonyl (C=O) groups is 1. The predicted molar refractivity (Wildman–Crippen MR) is 39.3 cm³/mol. The minimum absolute atomic E-state index is 0.0461. The molecule has 0 aliphatic heterocycles. The van der Waals surface area contributed by atoms with Crippen molar-refractivity contribution in [2.24, 2.45) is 0 Å². The van der Waals surface area contributed by atoms with E-state index in [1.54, 1.807) is 0 Å². The van der Waals surface area contributed by atoms with Crippen molar-refractivity contribution in [3.8, 4) is 0 Å². The molecule has 0 saturated carbocycles. The number of alkyl halides is 2. The summed E-state index contributed by atoms with van der Waals surface area (Å²) in [5.74, 6) is -0.165. The molecule has 0 atom stereocenters. The van der Waals surface area contributed by atoms with E-state index >= 15 is 0 Å².